The number of aromatic amines is 1. The topological polar surface area (TPSA) is 15.8 Å². The molecule has 2 aliphatic rings. The first-order valence-electron chi connectivity index (χ1n) is 5.99. The van der Waals surface area contributed by atoms with Crippen molar-refractivity contribution in [2.45, 2.75) is 23.6 Å². The molecule has 1 aliphatic heterocycles. The number of aryl methyl sites for hydroxylation is 1. The summed E-state index contributed by atoms with van der Waals surface area (Å²) < 4.78 is 0. The third kappa shape index (κ3) is 1.27. The molecule has 2 heteroatoms. The van der Waals surface area contributed by atoms with Crippen LogP contribution in [0.15, 0.2) is 41.5 Å². The SMILES string of the molecule is Cc1ccc2[nH]c3c(c2c1)C1=CC=CCC1S3. The van der Waals surface area contributed by atoms with Gasteiger partial charge in [-0.05, 0) is 31.1 Å². The molecule has 1 aliphatic carbocycles. The van der Waals surface area contributed by atoms with Crippen LogP contribution in [0.4, 0.5) is 0 Å². The lowest BCUT2D eigenvalue weighted by molar-refractivity contribution is 1.09. The second-order valence-corrected chi connectivity index (χ2v) is 5.98. The molecule has 4 rings (SSSR count). The van der Waals surface area contributed by atoms with E-state index < -0.39 is 0 Å². The number of H-pyrrole nitrogens is 1. The van der Waals surface area contributed by atoms with E-state index in [1.807, 2.05) is 11.8 Å². The molecule has 1 aromatic carbocycles. The number of hydrogen-bond donors (Lipinski definition) is 1. The molecule has 1 nitrogen and oxygen atoms in total. The van der Waals surface area contributed by atoms with Gasteiger partial charge in [-0.1, -0.05) is 41.6 Å². The minimum atomic E-state index is 0.631. The maximum Gasteiger partial charge on any atom is 0.0815 e. The zero-order chi connectivity index (χ0) is 11.4. The highest BCUT2D eigenvalue weighted by atomic mass is 32.2. The van der Waals surface area contributed by atoms with Crippen molar-refractivity contribution in [3.05, 3.63) is 47.6 Å². The second kappa shape index (κ2) is 3.30. The number of hydrogen-bond acceptors (Lipinski definition) is 1. The molecule has 17 heavy (non-hydrogen) atoms. The number of aromatic nitrogens is 1. The highest BCUT2D eigenvalue weighted by Gasteiger charge is 2.31. The van der Waals surface area contributed by atoms with Gasteiger partial charge >= 0.3 is 0 Å². The average Bonchev–Trinajstić information content (AvgIpc) is 2.84. The molecule has 0 saturated carbocycles. The molecular formula is C15H13NS. The lowest BCUT2D eigenvalue weighted by Gasteiger charge is -2.12. The van der Waals surface area contributed by atoms with E-state index in [4.69, 9.17) is 0 Å². The zero-order valence-electron chi connectivity index (χ0n) is 9.66. The van der Waals surface area contributed by atoms with Gasteiger partial charge in [-0.25, -0.2) is 0 Å². The molecule has 0 bridgehead atoms. The van der Waals surface area contributed by atoms with Crippen molar-refractivity contribution in [1.82, 2.24) is 4.98 Å². The Morgan fingerprint density at radius 1 is 1.35 bits per heavy atom. The summed E-state index contributed by atoms with van der Waals surface area (Å²) >= 11 is 1.98. The first-order valence-corrected chi connectivity index (χ1v) is 6.87. The summed E-state index contributed by atoms with van der Waals surface area (Å²) in [5.41, 5.74) is 5.55. The highest BCUT2D eigenvalue weighted by Crippen LogP contribution is 2.50. The summed E-state index contributed by atoms with van der Waals surface area (Å²) in [5, 5.41) is 3.37. The van der Waals surface area contributed by atoms with Crippen molar-refractivity contribution >= 4 is 28.2 Å². The first kappa shape index (κ1) is 9.60. The monoisotopic (exact) mass is 239 g/mol. The van der Waals surface area contributed by atoms with Crippen LogP contribution in [0, 0.1) is 6.92 Å². The predicted molar refractivity (Wildman–Crippen MR) is 74.4 cm³/mol. The Bertz CT molecular complexity index is 676. The Balaban J connectivity index is 2.05. The minimum absolute atomic E-state index is 0.631. The largest absolute Gasteiger partial charge is 0.349 e. The van der Waals surface area contributed by atoms with Crippen molar-refractivity contribution in [3.63, 3.8) is 0 Å². The van der Waals surface area contributed by atoms with E-state index in [2.05, 4.69) is 48.3 Å². The maximum atomic E-state index is 3.55. The van der Waals surface area contributed by atoms with Crippen molar-refractivity contribution in [2.24, 2.45) is 0 Å². The predicted octanol–water partition coefficient (Wildman–Crippen LogP) is 4.29. The van der Waals surface area contributed by atoms with Crippen molar-refractivity contribution in [1.29, 1.82) is 0 Å². The smallest absolute Gasteiger partial charge is 0.0815 e. The quantitative estimate of drug-likeness (QED) is 0.725. The van der Waals surface area contributed by atoms with Crippen LogP contribution >= 0.6 is 11.8 Å². The molecule has 1 unspecified atom stereocenters. The van der Waals surface area contributed by atoms with Crippen molar-refractivity contribution < 1.29 is 0 Å². The fraction of sp³-hybridized carbons (Fsp3) is 0.200. The van der Waals surface area contributed by atoms with E-state index in [-0.39, 0.29) is 0 Å². The first-order chi connectivity index (χ1) is 8.33. The van der Waals surface area contributed by atoms with Gasteiger partial charge in [0.15, 0.2) is 0 Å². The third-order valence-corrected chi connectivity index (χ3v) is 4.85. The van der Waals surface area contributed by atoms with Gasteiger partial charge in [0.05, 0.1) is 5.03 Å². The summed E-state index contributed by atoms with van der Waals surface area (Å²) in [7, 11) is 0. The fourth-order valence-electron chi connectivity index (χ4n) is 2.76. The molecule has 0 amide bonds. The summed E-state index contributed by atoms with van der Waals surface area (Å²) in [6.45, 7) is 2.16. The van der Waals surface area contributed by atoms with Crippen molar-refractivity contribution in [2.75, 3.05) is 0 Å². The molecule has 0 saturated heterocycles. The molecule has 2 heterocycles. The van der Waals surface area contributed by atoms with Crippen LogP contribution in [-0.4, -0.2) is 10.2 Å². The molecular weight excluding hydrogens is 226 g/mol. The van der Waals surface area contributed by atoms with Gasteiger partial charge in [0.1, 0.15) is 0 Å². The Morgan fingerprint density at radius 2 is 2.29 bits per heavy atom. The Morgan fingerprint density at radius 3 is 3.24 bits per heavy atom. The van der Waals surface area contributed by atoms with Crippen LogP contribution < -0.4 is 0 Å². The summed E-state index contributed by atoms with van der Waals surface area (Å²) in [6.07, 6.45) is 7.89. The number of nitrogens with one attached hydrogen (secondary N) is 1. The van der Waals surface area contributed by atoms with Gasteiger partial charge in [0.2, 0.25) is 0 Å². The standard InChI is InChI=1S/C15H13NS/c1-9-6-7-12-11(8-9)14-10-4-2-3-5-13(10)17-15(14)16-12/h2-4,6-8,13,16H,5H2,1H3. The summed E-state index contributed by atoms with van der Waals surface area (Å²) in [5.74, 6) is 0. The lowest BCUT2D eigenvalue weighted by Crippen LogP contribution is -2.00. The van der Waals surface area contributed by atoms with Crippen LogP contribution in [0.2, 0.25) is 0 Å². The molecule has 0 radical (unpaired) electrons. The summed E-state index contributed by atoms with van der Waals surface area (Å²) in [6, 6.07) is 6.66. The van der Waals surface area contributed by atoms with Crippen molar-refractivity contribution in [3.8, 4) is 0 Å². The molecule has 2 aromatic rings. The average molecular weight is 239 g/mol. The lowest BCUT2D eigenvalue weighted by atomic mass is 9.96. The Labute approximate surface area is 105 Å². The van der Waals surface area contributed by atoms with E-state index in [1.54, 1.807) is 0 Å². The molecule has 1 atom stereocenters. The van der Waals surface area contributed by atoms with E-state index in [1.165, 1.54) is 32.6 Å². The van der Waals surface area contributed by atoms with Gasteiger partial charge in [-0.15, -0.1) is 0 Å². The van der Waals surface area contributed by atoms with Gasteiger partial charge in [0, 0.05) is 21.7 Å². The van der Waals surface area contributed by atoms with Gasteiger partial charge in [-0.2, -0.15) is 0 Å². The molecule has 84 valence electrons. The zero-order valence-corrected chi connectivity index (χ0v) is 10.5. The maximum absolute atomic E-state index is 3.55. The Kier molecular flexibility index (Phi) is 1.86. The number of rotatable bonds is 0. The number of thioether (sulfide) groups is 1. The third-order valence-electron chi connectivity index (χ3n) is 3.58. The molecule has 0 spiro atoms. The fourth-order valence-corrected chi connectivity index (χ4v) is 4.09. The van der Waals surface area contributed by atoms with Crippen LogP contribution in [0.1, 0.15) is 17.5 Å². The van der Waals surface area contributed by atoms with E-state index in [0.29, 0.717) is 5.25 Å². The normalized spacial score (nSPS) is 21.5. The number of benzene rings is 1. The number of fused-ring (bicyclic) bond motifs is 5. The summed E-state index contributed by atoms with van der Waals surface area (Å²) in [4.78, 5) is 3.55. The van der Waals surface area contributed by atoms with Gasteiger partial charge < -0.3 is 4.98 Å². The Hall–Kier alpha value is -1.41. The van der Waals surface area contributed by atoms with Crippen LogP contribution in [0.5, 0.6) is 0 Å². The highest BCUT2D eigenvalue weighted by molar-refractivity contribution is 8.00. The van der Waals surface area contributed by atoms with E-state index in [9.17, 15) is 0 Å². The molecule has 1 aromatic heterocycles. The molecule has 1 N–H and O–H groups in total. The minimum Gasteiger partial charge on any atom is -0.349 e. The molecule has 0 fully saturated rings. The van der Waals surface area contributed by atoms with Gasteiger partial charge in [-0.3, -0.25) is 0 Å². The van der Waals surface area contributed by atoms with E-state index >= 15 is 0 Å². The van der Waals surface area contributed by atoms with Crippen LogP contribution in [-0.2, 0) is 0 Å². The van der Waals surface area contributed by atoms with Crippen LogP contribution in [0.3, 0.4) is 0 Å². The van der Waals surface area contributed by atoms with Gasteiger partial charge in [0.25, 0.3) is 0 Å². The van der Waals surface area contributed by atoms with Crippen LogP contribution in [0.25, 0.3) is 16.5 Å². The number of allylic oxidation sites excluding steroid dienone is 3. The second-order valence-electron chi connectivity index (χ2n) is 4.77. The van der Waals surface area contributed by atoms with E-state index in [0.717, 1.165) is 6.42 Å².